The van der Waals surface area contributed by atoms with Crippen LogP contribution in [0.3, 0.4) is 0 Å². The molecule has 4 rings (SSSR count). The second-order valence-electron chi connectivity index (χ2n) is 6.28. The van der Waals surface area contributed by atoms with E-state index in [0.717, 1.165) is 22.4 Å². The Balaban J connectivity index is 1.76. The molecule has 0 N–H and O–H groups in total. The van der Waals surface area contributed by atoms with Crippen molar-refractivity contribution in [2.75, 3.05) is 11.5 Å². The summed E-state index contributed by atoms with van der Waals surface area (Å²) < 4.78 is 27.1. The lowest BCUT2D eigenvalue weighted by molar-refractivity contribution is 0.493. The number of halogens is 1. The fourth-order valence-corrected chi connectivity index (χ4v) is 5.50. The van der Waals surface area contributed by atoms with Crippen molar-refractivity contribution in [3.05, 3.63) is 35.6 Å². The summed E-state index contributed by atoms with van der Waals surface area (Å²) in [6, 6.07) is 5.70. The van der Waals surface area contributed by atoms with Gasteiger partial charge in [0, 0.05) is 31.4 Å². The van der Waals surface area contributed by atoms with Crippen LogP contribution in [0.2, 0.25) is 5.02 Å². The van der Waals surface area contributed by atoms with E-state index in [1.807, 2.05) is 36.0 Å². The lowest BCUT2D eigenvalue weighted by atomic mass is 10.1. The Morgan fingerprint density at radius 3 is 2.96 bits per heavy atom. The molecule has 126 valence electrons. The summed E-state index contributed by atoms with van der Waals surface area (Å²) in [7, 11) is -1.01. The highest BCUT2D eigenvalue weighted by atomic mass is 35.5. The second kappa shape index (κ2) is 5.60. The summed E-state index contributed by atoms with van der Waals surface area (Å²) >= 11 is 6.38. The summed E-state index contributed by atoms with van der Waals surface area (Å²) in [5, 5.41) is 6.09. The number of fused-ring (bicyclic) bond motifs is 1. The molecule has 0 amide bonds. The van der Waals surface area contributed by atoms with Crippen LogP contribution in [0.5, 0.6) is 0 Å². The van der Waals surface area contributed by atoms with Gasteiger partial charge in [0.15, 0.2) is 15.7 Å². The molecule has 0 aliphatic carbocycles. The Kier molecular flexibility index (Phi) is 3.65. The smallest absolute Gasteiger partial charge is 0.161 e. The standard InChI is InChI=1S/C16H17ClN4O2S/c1-20-13-4-2-3-12(17)14(13)15(19-20)16-18-6-7-21(16)9-11-5-8-24(22,23)10-11/h2-4,6-7,11H,5,8-10H2,1H3/t11-/m0/s1. The topological polar surface area (TPSA) is 69.8 Å². The highest BCUT2D eigenvalue weighted by Gasteiger charge is 2.29. The third-order valence-electron chi connectivity index (χ3n) is 4.54. The molecule has 2 aromatic heterocycles. The van der Waals surface area contributed by atoms with Gasteiger partial charge in [0.05, 0.1) is 22.0 Å². The highest BCUT2D eigenvalue weighted by molar-refractivity contribution is 7.91. The summed E-state index contributed by atoms with van der Waals surface area (Å²) in [6.07, 6.45) is 4.29. The van der Waals surface area contributed by atoms with Gasteiger partial charge in [-0.3, -0.25) is 4.68 Å². The Labute approximate surface area is 145 Å². The number of nitrogens with zero attached hydrogens (tertiary/aromatic N) is 4. The number of imidazole rings is 1. The first-order chi connectivity index (χ1) is 11.4. The molecule has 1 aliphatic heterocycles. The number of benzene rings is 1. The molecular weight excluding hydrogens is 348 g/mol. The maximum atomic E-state index is 11.7. The molecule has 0 radical (unpaired) electrons. The summed E-state index contributed by atoms with van der Waals surface area (Å²) in [5.74, 6) is 1.36. The van der Waals surface area contributed by atoms with E-state index in [-0.39, 0.29) is 17.4 Å². The van der Waals surface area contributed by atoms with Gasteiger partial charge in [-0.1, -0.05) is 17.7 Å². The summed E-state index contributed by atoms with van der Waals surface area (Å²) in [6.45, 7) is 0.622. The quantitative estimate of drug-likeness (QED) is 0.716. The molecule has 0 spiro atoms. The number of rotatable bonds is 3. The molecule has 3 heterocycles. The van der Waals surface area contributed by atoms with E-state index in [2.05, 4.69) is 10.1 Å². The lowest BCUT2D eigenvalue weighted by Crippen LogP contribution is -2.13. The molecule has 8 heteroatoms. The van der Waals surface area contributed by atoms with Crippen molar-refractivity contribution in [1.82, 2.24) is 19.3 Å². The molecule has 24 heavy (non-hydrogen) atoms. The molecule has 1 aliphatic rings. The van der Waals surface area contributed by atoms with E-state index in [1.54, 1.807) is 10.9 Å². The fraction of sp³-hybridized carbons (Fsp3) is 0.375. The van der Waals surface area contributed by atoms with Crippen LogP contribution in [0, 0.1) is 5.92 Å². The Morgan fingerprint density at radius 1 is 1.38 bits per heavy atom. The maximum absolute atomic E-state index is 11.7. The highest BCUT2D eigenvalue weighted by Crippen LogP contribution is 2.33. The van der Waals surface area contributed by atoms with Crippen LogP contribution in [-0.4, -0.2) is 39.3 Å². The van der Waals surface area contributed by atoms with Crippen molar-refractivity contribution in [3.8, 4) is 11.5 Å². The zero-order chi connectivity index (χ0) is 16.9. The molecule has 1 atom stereocenters. The predicted octanol–water partition coefficient (Wildman–Crippen LogP) is 2.52. The van der Waals surface area contributed by atoms with E-state index in [4.69, 9.17) is 11.6 Å². The second-order valence-corrected chi connectivity index (χ2v) is 8.91. The van der Waals surface area contributed by atoms with E-state index in [1.165, 1.54) is 0 Å². The van der Waals surface area contributed by atoms with Crippen molar-refractivity contribution in [2.24, 2.45) is 13.0 Å². The maximum Gasteiger partial charge on any atom is 0.161 e. The minimum atomic E-state index is -2.89. The average molecular weight is 365 g/mol. The minimum absolute atomic E-state index is 0.119. The van der Waals surface area contributed by atoms with Crippen molar-refractivity contribution < 1.29 is 8.42 Å². The zero-order valence-corrected chi connectivity index (χ0v) is 14.8. The van der Waals surface area contributed by atoms with Crippen molar-refractivity contribution >= 4 is 32.3 Å². The van der Waals surface area contributed by atoms with Gasteiger partial charge in [-0.2, -0.15) is 5.10 Å². The van der Waals surface area contributed by atoms with Gasteiger partial charge in [-0.25, -0.2) is 13.4 Å². The summed E-state index contributed by atoms with van der Waals surface area (Å²) in [5.41, 5.74) is 1.67. The van der Waals surface area contributed by atoms with Gasteiger partial charge in [-0.05, 0) is 24.5 Å². The molecule has 3 aromatic rings. The van der Waals surface area contributed by atoms with Gasteiger partial charge in [0.1, 0.15) is 5.69 Å². The first kappa shape index (κ1) is 15.7. The number of sulfone groups is 1. The van der Waals surface area contributed by atoms with Gasteiger partial charge in [0.25, 0.3) is 0 Å². The van der Waals surface area contributed by atoms with Crippen LogP contribution in [-0.2, 0) is 23.4 Å². The van der Waals surface area contributed by atoms with Crippen LogP contribution < -0.4 is 0 Å². The fourth-order valence-electron chi connectivity index (χ4n) is 3.40. The normalized spacial score (nSPS) is 20.0. The third-order valence-corrected chi connectivity index (χ3v) is 6.69. The van der Waals surface area contributed by atoms with Gasteiger partial charge >= 0.3 is 0 Å². The SMILES string of the molecule is Cn1nc(-c2nccn2C[C@@H]2CCS(=O)(=O)C2)c2c(Cl)cccc21. The van der Waals surface area contributed by atoms with E-state index in [0.29, 0.717) is 18.0 Å². The Morgan fingerprint density at radius 2 is 2.21 bits per heavy atom. The van der Waals surface area contributed by atoms with Gasteiger partial charge in [0.2, 0.25) is 0 Å². The first-order valence-corrected chi connectivity index (χ1v) is 9.98. The number of hydrogen-bond donors (Lipinski definition) is 0. The van der Waals surface area contributed by atoms with Crippen LogP contribution in [0.15, 0.2) is 30.6 Å². The lowest BCUT2D eigenvalue weighted by Gasteiger charge is -2.11. The first-order valence-electron chi connectivity index (χ1n) is 7.78. The van der Waals surface area contributed by atoms with Crippen LogP contribution >= 0.6 is 11.6 Å². The molecule has 0 bridgehead atoms. The Hall–Kier alpha value is -1.86. The monoisotopic (exact) mass is 364 g/mol. The molecule has 0 saturated carbocycles. The van der Waals surface area contributed by atoms with Crippen LogP contribution in [0.1, 0.15) is 6.42 Å². The van der Waals surface area contributed by atoms with Gasteiger partial charge < -0.3 is 4.57 Å². The predicted molar refractivity (Wildman–Crippen MR) is 93.7 cm³/mol. The molecular formula is C16H17ClN4O2S. The summed E-state index contributed by atoms with van der Waals surface area (Å²) in [4.78, 5) is 4.45. The number of aromatic nitrogens is 4. The number of hydrogen-bond acceptors (Lipinski definition) is 4. The van der Waals surface area contributed by atoms with Crippen LogP contribution in [0.25, 0.3) is 22.4 Å². The molecule has 6 nitrogen and oxygen atoms in total. The van der Waals surface area contributed by atoms with Crippen LogP contribution in [0.4, 0.5) is 0 Å². The van der Waals surface area contributed by atoms with Crippen molar-refractivity contribution in [1.29, 1.82) is 0 Å². The average Bonchev–Trinajstić information content (AvgIpc) is 3.19. The molecule has 1 fully saturated rings. The van der Waals surface area contributed by atoms with E-state index < -0.39 is 9.84 Å². The molecule has 1 aromatic carbocycles. The van der Waals surface area contributed by atoms with Crippen molar-refractivity contribution in [2.45, 2.75) is 13.0 Å². The molecule has 0 unspecified atom stereocenters. The van der Waals surface area contributed by atoms with E-state index >= 15 is 0 Å². The van der Waals surface area contributed by atoms with E-state index in [9.17, 15) is 8.42 Å². The van der Waals surface area contributed by atoms with Gasteiger partial charge in [-0.15, -0.1) is 0 Å². The molecule has 1 saturated heterocycles. The Bertz CT molecular complexity index is 1020. The van der Waals surface area contributed by atoms with Crippen molar-refractivity contribution in [3.63, 3.8) is 0 Å². The zero-order valence-electron chi connectivity index (χ0n) is 13.2. The number of aryl methyl sites for hydroxylation is 1. The minimum Gasteiger partial charge on any atom is -0.329 e. The third kappa shape index (κ3) is 2.61. The largest absolute Gasteiger partial charge is 0.329 e.